The van der Waals surface area contributed by atoms with E-state index in [4.69, 9.17) is 12.2 Å². The summed E-state index contributed by atoms with van der Waals surface area (Å²) in [5, 5.41) is 0. The fourth-order valence-electron chi connectivity index (χ4n) is 1.18. The number of nitrogens with zero attached hydrogens (tertiary/aromatic N) is 1. The lowest BCUT2D eigenvalue weighted by Gasteiger charge is -2.13. The number of rotatable bonds is 1. The van der Waals surface area contributed by atoms with Gasteiger partial charge in [-0.1, -0.05) is 42.2 Å². The van der Waals surface area contributed by atoms with Gasteiger partial charge in [0.25, 0.3) is 0 Å². The molecule has 2 nitrogen and oxygen atoms in total. The van der Waals surface area contributed by atoms with Crippen LogP contribution in [0.5, 0.6) is 0 Å². The summed E-state index contributed by atoms with van der Waals surface area (Å²) in [5.41, 5.74) is 0.863. The van der Waals surface area contributed by atoms with Crippen LogP contribution < -0.4 is 4.90 Å². The average molecular weight is 279 g/mol. The number of carbonyl (C=O) groups excluding carboxylic acids is 1. The first-order valence-electron chi connectivity index (χ1n) is 4.49. The summed E-state index contributed by atoms with van der Waals surface area (Å²) in [6.45, 7) is -3.67. The molecule has 1 amide bonds. The molecule has 1 fully saturated rings. The minimum atomic E-state index is -3.67. The molecule has 0 saturated carbocycles. The molecule has 1 aromatic rings. The molecule has 0 aliphatic carbocycles. The van der Waals surface area contributed by atoms with E-state index in [0.29, 0.717) is 10.1 Å². The van der Waals surface area contributed by atoms with Crippen LogP contribution in [0.3, 0.4) is 0 Å². The highest BCUT2D eigenvalue weighted by atomic mass is 32.2. The molecule has 2 rings (SSSR count). The van der Waals surface area contributed by atoms with Crippen molar-refractivity contribution >= 4 is 39.9 Å². The third-order valence-corrected chi connectivity index (χ3v) is 3.12. The molecule has 0 aromatic heterocycles. The fraction of sp³-hybridized carbons (Fsp3) is 0.200. The van der Waals surface area contributed by atoms with Gasteiger partial charge >= 0.3 is 6.68 Å². The first-order valence-corrected chi connectivity index (χ1v) is 5.88. The molecule has 1 aromatic carbocycles. The lowest BCUT2D eigenvalue weighted by molar-refractivity contribution is -0.115. The Hall–Kier alpha value is -1.08. The van der Waals surface area contributed by atoms with Crippen molar-refractivity contribution in [1.82, 2.24) is 0 Å². The molecule has 92 valence electrons. The zero-order valence-electron chi connectivity index (χ0n) is 8.48. The van der Waals surface area contributed by atoms with Crippen LogP contribution in [0.1, 0.15) is 0 Å². The zero-order chi connectivity index (χ0) is 12.8. The number of thioether (sulfide) groups is 1. The summed E-state index contributed by atoms with van der Waals surface area (Å²) in [6.07, 6.45) is 0. The van der Waals surface area contributed by atoms with E-state index >= 15 is 0 Å². The second-order valence-corrected chi connectivity index (χ2v) is 4.48. The van der Waals surface area contributed by atoms with Gasteiger partial charge in [0.2, 0.25) is 5.91 Å². The summed E-state index contributed by atoms with van der Waals surface area (Å²) in [7, 11) is 0. The molecule has 1 heterocycles. The van der Waals surface area contributed by atoms with Gasteiger partial charge in [0, 0.05) is 0 Å². The van der Waals surface area contributed by atoms with Crippen LogP contribution in [-0.2, 0) is 4.79 Å². The van der Waals surface area contributed by atoms with Crippen LogP contribution in [-0.4, -0.2) is 22.7 Å². The maximum absolute atomic E-state index is 11.4. The maximum atomic E-state index is 11.4. The Balaban J connectivity index is 0.000000317. The molecule has 0 atom stereocenters. The molecule has 0 radical (unpaired) electrons. The molecule has 1 aliphatic heterocycles. The first kappa shape index (κ1) is 14.0. The summed E-state index contributed by atoms with van der Waals surface area (Å²) >= 11 is 6.48. The van der Waals surface area contributed by atoms with Gasteiger partial charge in [-0.25, -0.2) is 0 Å². The summed E-state index contributed by atoms with van der Waals surface area (Å²) < 4.78 is 29.6. The third-order valence-electron chi connectivity index (χ3n) is 1.77. The standard InChI is InChI=1S/C9H7NOS2.CHF3/c11-8-6-13-9(12)10(8)7-4-2-1-3-5-7;2-1(3)4/h1-5H,6H2;1H. The zero-order valence-corrected chi connectivity index (χ0v) is 10.1. The predicted octanol–water partition coefficient (Wildman–Crippen LogP) is 3.23. The van der Waals surface area contributed by atoms with E-state index in [1.165, 1.54) is 11.8 Å². The van der Waals surface area contributed by atoms with Gasteiger partial charge in [-0.15, -0.1) is 0 Å². The van der Waals surface area contributed by atoms with E-state index in [0.717, 1.165) is 5.69 Å². The Bertz CT molecular complexity index is 381. The van der Waals surface area contributed by atoms with Gasteiger partial charge in [-0.3, -0.25) is 9.69 Å². The molecular weight excluding hydrogens is 271 g/mol. The number of hydrogen-bond donors (Lipinski definition) is 0. The van der Waals surface area contributed by atoms with Gasteiger partial charge in [0.05, 0.1) is 11.4 Å². The van der Waals surface area contributed by atoms with Crippen LogP contribution in [0.4, 0.5) is 18.9 Å². The van der Waals surface area contributed by atoms with Crippen molar-refractivity contribution < 1.29 is 18.0 Å². The number of benzene rings is 1. The predicted molar refractivity (Wildman–Crippen MR) is 66.1 cm³/mol. The van der Waals surface area contributed by atoms with Crippen LogP contribution >= 0.6 is 24.0 Å². The van der Waals surface area contributed by atoms with Crippen LogP contribution in [0.15, 0.2) is 30.3 Å². The molecule has 1 saturated heterocycles. The topological polar surface area (TPSA) is 20.3 Å². The van der Waals surface area contributed by atoms with E-state index in [1.54, 1.807) is 4.90 Å². The van der Waals surface area contributed by atoms with Crippen LogP contribution in [0, 0.1) is 0 Å². The number of amides is 1. The van der Waals surface area contributed by atoms with Gasteiger partial charge in [-0.2, -0.15) is 13.2 Å². The minimum absolute atomic E-state index is 0.0706. The van der Waals surface area contributed by atoms with Crippen molar-refractivity contribution in [3.8, 4) is 0 Å². The van der Waals surface area contributed by atoms with Gasteiger partial charge in [0.15, 0.2) is 0 Å². The number of thiocarbonyl (C=S) groups is 1. The molecule has 0 N–H and O–H groups in total. The highest BCUT2D eigenvalue weighted by molar-refractivity contribution is 8.24. The quantitative estimate of drug-likeness (QED) is 0.736. The normalized spacial score (nSPS) is 14.9. The summed E-state index contributed by atoms with van der Waals surface area (Å²) in [6, 6.07) is 9.48. The van der Waals surface area contributed by atoms with Crippen molar-refractivity contribution in [2.75, 3.05) is 10.7 Å². The number of para-hydroxylation sites is 1. The van der Waals surface area contributed by atoms with E-state index in [9.17, 15) is 18.0 Å². The second-order valence-electron chi connectivity index (χ2n) is 2.87. The molecular formula is C10H8F3NOS2. The second kappa shape index (κ2) is 6.61. The summed E-state index contributed by atoms with van der Waals surface area (Å²) in [5.74, 6) is 0.537. The number of halogens is 3. The molecule has 0 spiro atoms. The number of alkyl halides is 3. The van der Waals surface area contributed by atoms with Gasteiger partial charge < -0.3 is 0 Å². The van der Waals surface area contributed by atoms with Crippen molar-refractivity contribution in [2.24, 2.45) is 0 Å². The van der Waals surface area contributed by atoms with Crippen molar-refractivity contribution in [2.45, 2.75) is 6.68 Å². The lowest BCUT2D eigenvalue weighted by Crippen LogP contribution is -2.27. The Kier molecular flexibility index (Phi) is 5.43. The molecule has 7 heteroatoms. The van der Waals surface area contributed by atoms with E-state index < -0.39 is 6.68 Å². The lowest BCUT2D eigenvalue weighted by atomic mass is 10.3. The molecule has 0 unspecified atom stereocenters. The number of hydrogen-bond acceptors (Lipinski definition) is 3. The van der Waals surface area contributed by atoms with Crippen molar-refractivity contribution in [3.63, 3.8) is 0 Å². The Labute approximate surface area is 106 Å². The largest absolute Gasteiger partial charge is 0.379 e. The Morgan fingerprint density at radius 1 is 1.24 bits per heavy atom. The van der Waals surface area contributed by atoms with E-state index in [2.05, 4.69) is 0 Å². The number of carbonyl (C=O) groups is 1. The van der Waals surface area contributed by atoms with Crippen molar-refractivity contribution in [1.29, 1.82) is 0 Å². The maximum Gasteiger partial charge on any atom is 0.379 e. The van der Waals surface area contributed by atoms with Gasteiger partial charge in [-0.05, 0) is 12.1 Å². The van der Waals surface area contributed by atoms with Crippen LogP contribution in [0.2, 0.25) is 0 Å². The Morgan fingerprint density at radius 2 is 1.76 bits per heavy atom. The van der Waals surface area contributed by atoms with E-state index in [1.807, 2.05) is 30.3 Å². The van der Waals surface area contributed by atoms with Gasteiger partial charge in [0.1, 0.15) is 4.32 Å². The Morgan fingerprint density at radius 3 is 2.18 bits per heavy atom. The smallest absolute Gasteiger partial charge is 0.273 e. The molecule has 1 aliphatic rings. The average Bonchev–Trinajstić information content (AvgIpc) is 2.59. The van der Waals surface area contributed by atoms with E-state index in [-0.39, 0.29) is 5.91 Å². The van der Waals surface area contributed by atoms with Crippen LogP contribution in [0.25, 0.3) is 0 Å². The monoisotopic (exact) mass is 279 g/mol. The van der Waals surface area contributed by atoms with Crippen molar-refractivity contribution in [3.05, 3.63) is 30.3 Å². The molecule has 0 bridgehead atoms. The number of anilines is 1. The highest BCUT2D eigenvalue weighted by Gasteiger charge is 2.27. The molecule has 17 heavy (non-hydrogen) atoms. The SMILES string of the molecule is FC(F)F.O=C1CSC(=S)N1c1ccccc1. The fourth-order valence-corrected chi connectivity index (χ4v) is 2.28. The minimum Gasteiger partial charge on any atom is -0.273 e. The first-order chi connectivity index (χ1) is 8.02. The third kappa shape index (κ3) is 4.35. The highest BCUT2D eigenvalue weighted by Crippen LogP contribution is 2.25. The summed E-state index contributed by atoms with van der Waals surface area (Å²) in [4.78, 5) is 13.0.